The van der Waals surface area contributed by atoms with Gasteiger partial charge in [-0.05, 0) is 12.8 Å². The van der Waals surface area contributed by atoms with Crippen LogP contribution >= 0.6 is 0 Å². The minimum absolute atomic E-state index is 0.00127. The lowest BCUT2D eigenvalue weighted by molar-refractivity contribution is -0.481. The Morgan fingerprint density at radius 2 is 1.41 bits per heavy atom. The maximum atomic E-state index is 10.5. The molecule has 0 saturated carbocycles. The lowest BCUT2D eigenvalue weighted by Crippen LogP contribution is -2.44. The predicted octanol–water partition coefficient (Wildman–Crippen LogP) is 4.00. The lowest BCUT2D eigenvalue weighted by atomic mass is 9.93. The van der Waals surface area contributed by atoms with Crippen LogP contribution in [0.4, 0.5) is 0 Å². The number of nitrogens with zero attached hydrogens (tertiary/aromatic N) is 1. The molecule has 0 rings (SSSR count). The van der Waals surface area contributed by atoms with Crippen LogP contribution < -0.4 is 0 Å². The molecule has 6 nitrogen and oxygen atoms in total. The molecule has 6 heteroatoms. The number of rotatable bonds is 15. The number of hydrogen-bond acceptors (Lipinski definition) is 5. The van der Waals surface area contributed by atoms with Gasteiger partial charge in [0.2, 0.25) is 6.54 Å². The van der Waals surface area contributed by atoms with Gasteiger partial charge in [0, 0.05) is 38.6 Å². The van der Waals surface area contributed by atoms with Crippen LogP contribution in [0.3, 0.4) is 0 Å². The Labute approximate surface area is 134 Å². The summed E-state index contributed by atoms with van der Waals surface area (Å²) < 4.78 is 16.3. The molecule has 0 aromatic rings. The van der Waals surface area contributed by atoms with Gasteiger partial charge in [-0.2, -0.15) is 0 Å². The minimum atomic E-state index is -1.10. The zero-order chi connectivity index (χ0) is 16.8. The molecule has 132 valence electrons. The van der Waals surface area contributed by atoms with Crippen molar-refractivity contribution in [2.24, 2.45) is 5.92 Å². The first-order chi connectivity index (χ1) is 10.6. The van der Waals surface area contributed by atoms with E-state index in [-0.39, 0.29) is 17.4 Å². The average molecular weight is 319 g/mol. The summed E-state index contributed by atoms with van der Waals surface area (Å²) in [7, 11) is 4.65. The van der Waals surface area contributed by atoms with Gasteiger partial charge in [-0.1, -0.05) is 45.4 Å². The highest BCUT2D eigenvalue weighted by molar-refractivity contribution is 4.71. The monoisotopic (exact) mass is 319 g/mol. The van der Waals surface area contributed by atoms with Crippen molar-refractivity contribution in [1.82, 2.24) is 0 Å². The van der Waals surface area contributed by atoms with Crippen LogP contribution in [0.15, 0.2) is 0 Å². The summed E-state index contributed by atoms with van der Waals surface area (Å²) in [6.07, 6.45) is 9.30. The summed E-state index contributed by atoms with van der Waals surface area (Å²) >= 11 is 0. The highest BCUT2D eigenvalue weighted by Crippen LogP contribution is 2.32. The Morgan fingerprint density at radius 3 is 1.91 bits per heavy atom. The largest absolute Gasteiger partial charge is 0.331 e. The Bertz CT molecular complexity index is 273. The van der Waals surface area contributed by atoms with Crippen molar-refractivity contribution in [2.45, 2.75) is 70.7 Å². The van der Waals surface area contributed by atoms with Crippen molar-refractivity contribution >= 4 is 0 Å². The molecule has 22 heavy (non-hydrogen) atoms. The lowest BCUT2D eigenvalue weighted by Gasteiger charge is -2.36. The molecule has 0 N–H and O–H groups in total. The first-order valence-electron chi connectivity index (χ1n) is 8.33. The van der Waals surface area contributed by atoms with Crippen molar-refractivity contribution in [3.63, 3.8) is 0 Å². The van der Waals surface area contributed by atoms with Crippen LogP contribution in [-0.4, -0.2) is 38.8 Å². The van der Waals surface area contributed by atoms with Crippen LogP contribution in [-0.2, 0) is 14.2 Å². The number of hydrogen-bond donors (Lipinski definition) is 0. The van der Waals surface area contributed by atoms with Gasteiger partial charge in [0.1, 0.15) is 0 Å². The van der Waals surface area contributed by atoms with Crippen molar-refractivity contribution < 1.29 is 19.1 Å². The molecule has 0 radical (unpaired) electrons. The van der Waals surface area contributed by atoms with Gasteiger partial charge in [0.15, 0.2) is 0 Å². The molecule has 0 fully saturated rings. The van der Waals surface area contributed by atoms with E-state index in [4.69, 9.17) is 14.2 Å². The first-order valence-corrected chi connectivity index (χ1v) is 8.33. The van der Waals surface area contributed by atoms with Gasteiger partial charge in [0.05, 0.1) is 0 Å². The van der Waals surface area contributed by atoms with E-state index in [2.05, 4.69) is 6.92 Å². The molecule has 0 aromatic carbocycles. The summed E-state index contributed by atoms with van der Waals surface area (Å²) in [5.74, 6) is -1.10. The van der Waals surface area contributed by atoms with E-state index >= 15 is 0 Å². The molecule has 0 aromatic heterocycles. The highest BCUT2D eigenvalue weighted by Gasteiger charge is 2.39. The molecule has 0 heterocycles. The summed E-state index contributed by atoms with van der Waals surface area (Å²) in [6, 6.07) is 0. The van der Waals surface area contributed by atoms with Crippen molar-refractivity contribution in [2.75, 3.05) is 27.9 Å². The average Bonchev–Trinajstić information content (AvgIpc) is 2.51. The minimum Gasteiger partial charge on any atom is -0.331 e. The first kappa shape index (κ1) is 21.3. The van der Waals surface area contributed by atoms with E-state index in [0.717, 1.165) is 12.8 Å². The van der Waals surface area contributed by atoms with E-state index in [1.54, 1.807) is 21.3 Å². The van der Waals surface area contributed by atoms with Crippen LogP contribution in [0.1, 0.15) is 64.7 Å². The quantitative estimate of drug-likeness (QED) is 0.197. The molecule has 1 unspecified atom stereocenters. The molecule has 0 amide bonds. The van der Waals surface area contributed by atoms with Crippen LogP contribution in [0, 0.1) is 16.0 Å². The normalized spacial score (nSPS) is 13.3. The Hall–Kier alpha value is -0.720. The van der Waals surface area contributed by atoms with Crippen LogP contribution in [0.25, 0.3) is 0 Å². The third-order valence-corrected chi connectivity index (χ3v) is 4.15. The fourth-order valence-corrected chi connectivity index (χ4v) is 2.89. The molecule has 0 saturated heterocycles. The fourth-order valence-electron chi connectivity index (χ4n) is 2.89. The zero-order valence-electron chi connectivity index (χ0n) is 14.6. The summed E-state index contributed by atoms with van der Waals surface area (Å²) in [6.45, 7) is 2.18. The molecular weight excluding hydrogens is 286 g/mol. The second-order valence-electron chi connectivity index (χ2n) is 5.67. The second-order valence-corrected chi connectivity index (χ2v) is 5.67. The van der Waals surface area contributed by atoms with E-state index in [1.807, 2.05) is 0 Å². The van der Waals surface area contributed by atoms with Gasteiger partial charge in [0.25, 0.3) is 5.97 Å². The van der Waals surface area contributed by atoms with Crippen LogP contribution in [0.2, 0.25) is 0 Å². The summed E-state index contributed by atoms with van der Waals surface area (Å²) in [4.78, 5) is 10.2. The molecule has 0 spiro atoms. The standard InChI is InChI=1S/C16H33NO5/c1-5-6-7-8-9-10-12-15(13-11-14-17(18)19)16(20-2,21-3)22-4/h15H,5-14H2,1-4H3. The molecule has 0 aliphatic rings. The van der Waals surface area contributed by atoms with Gasteiger partial charge in [-0.3, -0.25) is 10.1 Å². The SMILES string of the molecule is CCCCCCCCC(CCC[N+](=O)[O-])C(OC)(OC)OC. The number of nitro groups is 1. The predicted molar refractivity (Wildman–Crippen MR) is 86.3 cm³/mol. The summed E-state index contributed by atoms with van der Waals surface area (Å²) in [5.41, 5.74) is 0. The molecule has 0 aliphatic carbocycles. The molecular formula is C16H33NO5. The second kappa shape index (κ2) is 12.8. The zero-order valence-corrected chi connectivity index (χ0v) is 14.6. The highest BCUT2D eigenvalue weighted by atomic mass is 16.9. The Balaban J connectivity index is 4.41. The molecule has 0 bridgehead atoms. The third kappa shape index (κ3) is 8.06. The van der Waals surface area contributed by atoms with Crippen molar-refractivity contribution in [1.29, 1.82) is 0 Å². The van der Waals surface area contributed by atoms with Gasteiger partial charge >= 0.3 is 0 Å². The summed E-state index contributed by atoms with van der Waals surface area (Å²) in [5, 5.41) is 10.5. The van der Waals surface area contributed by atoms with Crippen molar-refractivity contribution in [3.8, 4) is 0 Å². The maximum absolute atomic E-state index is 10.5. The van der Waals surface area contributed by atoms with E-state index in [9.17, 15) is 10.1 Å². The van der Waals surface area contributed by atoms with E-state index < -0.39 is 5.97 Å². The maximum Gasteiger partial charge on any atom is 0.285 e. The smallest absolute Gasteiger partial charge is 0.285 e. The van der Waals surface area contributed by atoms with Gasteiger partial charge in [-0.15, -0.1) is 0 Å². The topological polar surface area (TPSA) is 70.8 Å². The number of unbranched alkanes of at least 4 members (excludes halogenated alkanes) is 5. The molecule has 1 atom stereocenters. The van der Waals surface area contributed by atoms with Crippen LogP contribution in [0.5, 0.6) is 0 Å². The van der Waals surface area contributed by atoms with Crippen molar-refractivity contribution in [3.05, 3.63) is 10.1 Å². The number of ether oxygens (including phenoxy) is 3. The third-order valence-electron chi connectivity index (χ3n) is 4.15. The van der Waals surface area contributed by atoms with E-state index in [0.29, 0.717) is 12.8 Å². The number of methoxy groups -OCH3 is 3. The molecule has 0 aliphatic heterocycles. The Morgan fingerprint density at radius 1 is 0.909 bits per heavy atom. The fraction of sp³-hybridized carbons (Fsp3) is 1.00. The van der Waals surface area contributed by atoms with Gasteiger partial charge < -0.3 is 14.2 Å². The van der Waals surface area contributed by atoms with Gasteiger partial charge in [-0.25, -0.2) is 0 Å². The van der Waals surface area contributed by atoms with E-state index in [1.165, 1.54) is 32.1 Å². The Kier molecular flexibility index (Phi) is 12.4.